The number of carbonyl (C=O) groups is 1. The maximum Gasteiger partial charge on any atom is 0.259 e. The van der Waals surface area contributed by atoms with Crippen LogP contribution in [0.5, 0.6) is 0 Å². The van der Waals surface area contributed by atoms with Gasteiger partial charge < -0.3 is 14.6 Å². The lowest BCUT2D eigenvalue weighted by Gasteiger charge is -2.29. The molecule has 5 nitrogen and oxygen atoms in total. The molecule has 0 radical (unpaired) electrons. The molecule has 1 N–H and O–H groups in total. The first-order valence-electron chi connectivity index (χ1n) is 9.81. The number of anilines is 1. The van der Waals surface area contributed by atoms with Gasteiger partial charge in [0.2, 0.25) is 0 Å². The van der Waals surface area contributed by atoms with Crippen molar-refractivity contribution in [3.05, 3.63) is 81.1 Å². The number of ketones is 1. The van der Waals surface area contributed by atoms with Crippen molar-refractivity contribution in [2.75, 3.05) is 31.2 Å². The zero-order valence-corrected chi connectivity index (χ0v) is 16.7. The highest BCUT2D eigenvalue weighted by molar-refractivity contribution is 6.09. The van der Waals surface area contributed by atoms with Gasteiger partial charge in [-0.25, -0.2) is 0 Å². The van der Waals surface area contributed by atoms with E-state index in [4.69, 9.17) is 4.74 Å². The minimum atomic E-state index is -0.354. The van der Waals surface area contributed by atoms with Gasteiger partial charge in [0.1, 0.15) is 0 Å². The van der Waals surface area contributed by atoms with Crippen LogP contribution < -0.4 is 10.5 Å². The SMILES string of the molecule is Cc1ccc(/C=C/C(=O)c2c(C)c3ccc(N4CCOCC4)cc3[nH]c2=O)cc1. The molecule has 0 saturated carbocycles. The molecule has 2 heterocycles. The van der Waals surface area contributed by atoms with Crippen molar-refractivity contribution in [2.24, 2.45) is 0 Å². The van der Waals surface area contributed by atoms with E-state index in [1.807, 2.05) is 56.3 Å². The summed E-state index contributed by atoms with van der Waals surface area (Å²) in [7, 11) is 0. The van der Waals surface area contributed by atoms with Crippen LogP contribution in [0.25, 0.3) is 17.0 Å². The second kappa shape index (κ2) is 8.05. The number of nitrogens with one attached hydrogen (secondary N) is 1. The van der Waals surface area contributed by atoms with Crippen LogP contribution in [0.3, 0.4) is 0 Å². The first-order valence-corrected chi connectivity index (χ1v) is 9.81. The summed E-state index contributed by atoms with van der Waals surface area (Å²) >= 11 is 0. The summed E-state index contributed by atoms with van der Waals surface area (Å²) in [5.74, 6) is -0.288. The molecule has 5 heteroatoms. The lowest BCUT2D eigenvalue weighted by atomic mass is 10.0. The van der Waals surface area contributed by atoms with Gasteiger partial charge >= 0.3 is 0 Å². The molecular formula is C24H24N2O3. The second-order valence-corrected chi connectivity index (χ2v) is 7.39. The number of aromatic nitrogens is 1. The van der Waals surface area contributed by atoms with E-state index in [2.05, 4.69) is 9.88 Å². The zero-order valence-electron chi connectivity index (χ0n) is 16.7. The Kier molecular flexibility index (Phi) is 5.32. The predicted molar refractivity (Wildman–Crippen MR) is 117 cm³/mol. The molecule has 1 aromatic heterocycles. The van der Waals surface area contributed by atoms with Crippen molar-refractivity contribution >= 4 is 28.4 Å². The third kappa shape index (κ3) is 4.00. The number of benzene rings is 2. The number of pyridine rings is 1. The number of morpholine rings is 1. The lowest BCUT2D eigenvalue weighted by Crippen LogP contribution is -2.36. The molecule has 0 amide bonds. The molecule has 1 aliphatic heterocycles. The van der Waals surface area contributed by atoms with E-state index in [1.54, 1.807) is 6.08 Å². The summed E-state index contributed by atoms with van der Waals surface area (Å²) in [6, 6.07) is 13.9. The third-order valence-corrected chi connectivity index (χ3v) is 5.38. The van der Waals surface area contributed by atoms with Crippen LogP contribution in [0, 0.1) is 13.8 Å². The molecule has 2 aromatic carbocycles. The number of aryl methyl sites for hydroxylation is 2. The average molecular weight is 388 g/mol. The number of nitrogens with zero attached hydrogens (tertiary/aromatic N) is 1. The summed E-state index contributed by atoms with van der Waals surface area (Å²) in [4.78, 5) is 30.6. The van der Waals surface area contributed by atoms with Gasteiger partial charge in [-0.2, -0.15) is 0 Å². The fraction of sp³-hybridized carbons (Fsp3) is 0.250. The topological polar surface area (TPSA) is 62.4 Å². The smallest absolute Gasteiger partial charge is 0.259 e. The fourth-order valence-corrected chi connectivity index (χ4v) is 3.70. The molecule has 3 aromatic rings. The minimum Gasteiger partial charge on any atom is -0.378 e. The number of rotatable bonds is 4. The molecule has 0 unspecified atom stereocenters. The number of H-pyrrole nitrogens is 1. The fourth-order valence-electron chi connectivity index (χ4n) is 3.70. The summed E-state index contributed by atoms with van der Waals surface area (Å²) in [6.07, 6.45) is 3.21. The Balaban J connectivity index is 1.67. The van der Waals surface area contributed by atoms with Crippen LogP contribution in [0.4, 0.5) is 5.69 Å². The Bertz CT molecular complexity index is 1140. The second-order valence-electron chi connectivity index (χ2n) is 7.39. The van der Waals surface area contributed by atoms with E-state index >= 15 is 0 Å². The highest BCUT2D eigenvalue weighted by Gasteiger charge is 2.17. The van der Waals surface area contributed by atoms with Crippen LogP contribution in [0.1, 0.15) is 27.0 Å². The Morgan fingerprint density at radius 3 is 2.52 bits per heavy atom. The predicted octanol–water partition coefficient (Wildman–Crippen LogP) is 3.88. The van der Waals surface area contributed by atoms with Crippen LogP contribution in [0.15, 0.2) is 53.3 Å². The van der Waals surface area contributed by atoms with Gasteiger partial charge in [0, 0.05) is 24.2 Å². The van der Waals surface area contributed by atoms with Crippen LogP contribution in [-0.4, -0.2) is 37.1 Å². The van der Waals surface area contributed by atoms with Crippen molar-refractivity contribution in [3.63, 3.8) is 0 Å². The largest absolute Gasteiger partial charge is 0.378 e. The quantitative estimate of drug-likeness (QED) is 0.544. The molecule has 1 aliphatic rings. The summed E-state index contributed by atoms with van der Waals surface area (Å²) in [5, 5.41) is 0.883. The Hall–Kier alpha value is -3.18. The van der Waals surface area contributed by atoms with Gasteiger partial charge in [0.05, 0.1) is 24.3 Å². The van der Waals surface area contributed by atoms with Gasteiger partial charge in [-0.15, -0.1) is 0 Å². The number of allylic oxidation sites excluding steroid dienone is 1. The molecule has 29 heavy (non-hydrogen) atoms. The molecule has 1 fully saturated rings. The first-order chi connectivity index (χ1) is 14.0. The van der Waals surface area contributed by atoms with Crippen molar-refractivity contribution in [1.82, 2.24) is 4.98 Å². The average Bonchev–Trinajstić information content (AvgIpc) is 2.73. The number of hydrogen-bond donors (Lipinski definition) is 1. The van der Waals surface area contributed by atoms with Crippen molar-refractivity contribution in [3.8, 4) is 0 Å². The molecular weight excluding hydrogens is 364 g/mol. The van der Waals surface area contributed by atoms with E-state index in [1.165, 1.54) is 6.08 Å². The maximum absolute atomic E-state index is 12.8. The van der Waals surface area contributed by atoms with Gasteiger partial charge in [-0.1, -0.05) is 42.0 Å². The minimum absolute atomic E-state index is 0.194. The number of ether oxygens (including phenoxy) is 1. The molecule has 0 atom stereocenters. The number of fused-ring (bicyclic) bond motifs is 1. The first kappa shape index (κ1) is 19.2. The van der Waals surface area contributed by atoms with E-state index in [0.29, 0.717) is 18.8 Å². The van der Waals surface area contributed by atoms with Crippen molar-refractivity contribution in [1.29, 1.82) is 0 Å². The molecule has 1 saturated heterocycles. The maximum atomic E-state index is 12.8. The molecule has 4 rings (SSSR count). The van der Waals surface area contributed by atoms with Crippen LogP contribution in [0.2, 0.25) is 0 Å². The lowest BCUT2D eigenvalue weighted by molar-refractivity contribution is 0.104. The number of carbonyl (C=O) groups excluding carboxylic acids is 1. The van der Waals surface area contributed by atoms with Gasteiger partial charge in [0.15, 0.2) is 5.78 Å². The normalized spacial score (nSPS) is 14.6. The zero-order chi connectivity index (χ0) is 20.4. The monoisotopic (exact) mass is 388 g/mol. The number of hydrogen-bond acceptors (Lipinski definition) is 4. The molecule has 0 spiro atoms. The van der Waals surface area contributed by atoms with E-state index in [-0.39, 0.29) is 16.9 Å². The third-order valence-electron chi connectivity index (χ3n) is 5.38. The summed E-state index contributed by atoms with van der Waals surface area (Å²) in [5.41, 5.74) is 4.42. The summed E-state index contributed by atoms with van der Waals surface area (Å²) < 4.78 is 5.41. The van der Waals surface area contributed by atoms with Gasteiger partial charge in [-0.3, -0.25) is 9.59 Å². The van der Waals surface area contributed by atoms with Gasteiger partial charge in [-0.05, 0) is 43.2 Å². The number of aromatic amines is 1. The Morgan fingerprint density at radius 1 is 1.07 bits per heavy atom. The van der Waals surface area contributed by atoms with Crippen molar-refractivity contribution < 1.29 is 9.53 Å². The van der Waals surface area contributed by atoms with E-state index in [0.717, 1.165) is 40.8 Å². The van der Waals surface area contributed by atoms with E-state index in [9.17, 15) is 9.59 Å². The molecule has 0 aliphatic carbocycles. The van der Waals surface area contributed by atoms with Crippen LogP contribution >= 0.6 is 0 Å². The Morgan fingerprint density at radius 2 is 1.79 bits per heavy atom. The standard InChI is InChI=1S/C24H24N2O3/c1-16-3-5-18(6-4-16)7-10-22(27)23-17(2)20-9-8-19(15-21(20)25-24(23)28)26-11-13-29-14-12-26/h3-10,15H,11-14H2,1-2H3,(H,25,28)/b10-7+. The van der Waals surface area contributed by atoms with E-state index < -0.39 is 0 Å². The Labute approximate surface area is 169 Å². The van der Waals surface area contributed by atoms with Gasteiger partial charge in [0.25, 0.3) is 5.56 Å². The summed E-state index contributed by atoms with van der Waals surface area (Å²) in [6.45, 7) is 6.91. The molecule has 148 valence electrons. The molecule has 0 bridgehead atoms. The van der Waals surface area contributed by atoms with Crippen molar-refractivity contribution in [2.45, 2.75) is 13.8 Å². The highest BCUT2D eigenvalue weighted by Crippen LogP contribution is 2.24. The van der Waals surface area contributed by atoms with Crippen LogP contribution in [-0.2, 0) is 4.74 Å². The highest BCUT2D eigenvalue weighted by atomic mass is 16.5.